The van der Waals surface area contributed by atoms with Crippen molar-refractivity contribution >= 4 is 35.0 Å². The Labute approximate surface area is 576 Å². The van der Waals surface area contributed by atoms with Crippen LogP contribution in [0.5, 0.6) is 0 Å². The summed E-state index contributed by atoms with van der Waals surface area (Å²) < 4.78 is 25.0. The zero-order chi connectivity index (χ0) is 71.5. The van der Waals surface area contributed by atoms with Crippen molar-refractivity contribution in [1.29, 1.82) is 0 Å². The van der Waals surface area contributed by atoms with Gasteiger partial charge < -0.3 is 95.6 Å². The number of hydrogen-bond acceptors (Lipinski definition) is 24. The standard InChI is InChI=1S/C72H110N6O20/c1-47-18-16-14-12-10-8-6-7-9-11-13-15-17-19-59(96-71-68(92)66(67(91)49(3)95-71)74-63(89)46-77-28-26-75(5)27-29-77)43-62-65(70(93)78-32-30-76(31-33-78)34-35-79)61(88)45-72(94,98-62)44-58(86)40-56(84)38-54(82)36-53(81)37-55(83)39-57(85)42-64(90)97-69(47)48(2)20-25-52(80)41-60(87)50-21-23-51(73-4)24-22-50/h6-19,21-24,47-49,52-54,56-59,61-62,65-69,71,73,79-82,84-86,88,91-92,94H,20,25-46H2,1-5H3,(H,74,89)/b7-6+,10-8+,11-9+,14-12+,15-13+,18-16+,19-17+/t47?,48?,49-,52?,53?,54?,56?,57?,58?,59?,61?,62?,65?,66+,67-,68+,69?,71+,72?/m1/s1. The SMILES string of the molecule is CNc1ccc(C(=O)CC(O)CCC(C)C2OC(=O)CC(O)CC(=O)CC(O)CC(O)CC(O)CC(O)CC3(O)CC(O)C(C(=O)N4CCN(CCO)CC4)C(CC(O[C@@H]4O[C@H](C)[C@@H](O)[C@H](NC(=O)CN5CCN(C)CC5)[C@@H]4O)/C=C/C=C/C=C/C=C/C=C/C=C/C=C/C2C)O3)cc1. The lowest BCUT2D eigenvalue weighted by Gasteiger charge is -2.47. The second-order valence-electron chi connectivity index (χ2n) is 27.1. The van der Waals surface area contributed by atoms with Crippen LogP contribution in [-0.4, -0.2) is 289 Å². The molecular formula is C72H110N6O20. The minimum absolute atomic E-state index is 0.0199. The number of esters is 1. The molecule has 4 saturated heterocycles. The van der Waals surface area contributed by atoms with E-state index in [1.54, 1.807) is 122 Å². The Morgan fingerprint density at radius 2 is 1.26 bits per heavy atom. The first-order valence-electron chi connectivity index (χ1n) is 34.6. The lowest BCUT2D eigenvalue weighted by atomic mass is 9.81. The summed E-state index contributed by atoms with van der Waals surface area (Å²) >= 11 is 0. The van der Waals surface area contributed by atoms with E-state index in [9.17, 15) is 80.1 Å². The number of likely N-dealkylation sites (N-methyl/N-ethyl adjacent to an activating group) is 1. The third-order valence-electron chi connectivity index (χ3n) is 18.7. The Bertz CT molecular complexity index is 2840. The Morgan fingerprint density at radius 1 is 0.684 bits per heavy atom. The molecule has 5 heterocycles. The molecule has 5 aliphatic rings. The summed E-state index contributed by atoms with van der Waals surface area (Å²) in [6.45, 7) is 9.75. The van der Waals surface area contributed by atoms with Crippen LogP contribution in [0.1, 0.15) is 108 Å². The van der Waals surface area contributed by atoms with Crippen LogP contribution in [0.2, 0.25) is 0 Å². The monoisotopic (exact) mass is 1380 g/mol. The van der Waals surface area contributed by atoms with Crippen LogP contribution in [0.15, 0.2) is 109 Å². The van der Waals surface area contributed by atoms with Gasteiger partial charge in [0.05, 0.1) is 92.6 Å². The summed E-state index contributed by atoms with van der Waals surface area (Å²) in [5, 5.41) is 129. The van der Waals surface area contributed by atoms with E-state index in [0.29, 0.717) is 44.7 Å². The average Bonchev–Trinajstić information content (AvgIpc) is 0.775. The van der Waals surface area contributed by atoms with E-state index in [1.165, 1.54) is 0 Å². The number of rotatable bonds is 16. The molecule has 1 aromatic rings. The number of β-amino-alcohol motifs (C(OH)–C–C–N with tert-alkyl or cyclic N) is 1. The van der Waals surface area contributed by atoms with Gasteiger partial charge in [0.2, 0.25) is 11.8 Å². The van der Waals surface area contributed by atoms with E-state index in [4.69, 9.17) is 18.9 Å². The van der Waals surface area contributed by atoms with E-state index >= 15 is 0 Å². The molecule has 4 fully saturated rings. The van der Waals surface area contributed by atoms with Crippen LogP contribution in [0.4, 0.5) is 5.69 Å². The number of benzene rings is 1. The smallest absolute Gasteiger partial charge is 0.308 e. The summed E-state index contributed by atoms with van der Waals surface area (Å²) in [5.74, 6) is -6.96. The van der Waals surface area contributed by atoms with Gasteiger partial charge in [0.1, 0.15) is 24.1 Å². The molecule has 1 aromatic carbocycles. The molecule has 14 unspecified atom stereocenters. The second-order valence-corrected chi connectivity index (χ2v) is 27.1. The fraction of sp³-hybridized carbons (Fsp3) is 0.653. The van der Waals surface area contributed by atoms with Gasteiger partial charge in [-0.05, 0) is 76.3 Å². The number of nitrogens with zero attached hydrogens (tertiary/aromatic N) is 4. The fourth-order valence-corrected chi connectivity index (χ4v) is 13.2. The molecule has 0 aromatic heterocycles. The van der Waals surface area contributed by atoms with Crippen molar-refractivity contribution in [3.63, 3.8) is 0 Å². The number of nitrogens with one attached hydrogen (secondary N) is 2. The molecule has 0 spiro atoms. The number of ketones is 2. The van der Waals surface area contributed by atoms with Crippen molar-refractivity contribution in [2.24, 2.45) is 17.8 Å². The lowest BCUT2D eigenvalue weighted by molar-refractivity contribution is -0.308. The number of allylic oxidation sites excluding steroid dienone is 12. The summed E-state index contributed by atoms with van der Waals surface area (Å²) in [5.41, 5.74) is 1.30. The van der Waals surface area contributed by atoms with Crippen LogP contribution >= 0.6 is 0 Å². The van der Waals surface area contributed by atoms with E-state index in [2.05, 4.69) is 15.5 Å². The predicted molar refractivity (Wildman–Crippen MR) is 365 cm³/mol. The van der Waals surface area contributed by atoms with Crippen molar-refractivity contribution in [1.82, 2.24) is 24.9 Å². The van der Waals surface area contributed by atoms with Crippen molar-refractivity contribution in [2.45, 2.75) is 195 Å². The first-order valence-corrected chi connectivity index (χ1v) is 34.6. The summed E-state index contributed by atoms with van der Waals surface area (Å²) in [7, 11) is 3.76. The van der Waals surface area contributed by atoms with E-state index in [1.807, 2.05) is 36.8 Å². The second kappa shape index (κ2) is 41.3. The highest BCUT2D eigenvalue weighted by atomic mass is 16.7. The van der Waals surface area contributed by atoms with Gasteiger partial charge in [-0.15, -0.1) is 0 Å². The highest BCUT2D eigenvalue weighted by molar-refractivity contribution is 5.96. The number of aliphatic hydroxyl groups excluding tert-OH is 10. The molecule has 0 saturated carbocycles. The third-order valence-corrected chi connectivity index (χ3v) is 18.7. The van der Waals surface area contributed by atoms with E-state index < -0.39 is 178 Å². The lowest BCUT2D eigenvalue weighted by Crippen LogP contribution is -2.65. The number of cyclic esters (lactones) is 1. The quantitative estimate of drug-likeness (QED) is 0.0817. The highest BCUT2D eigenvalue weighted by Gasteiger charge is 2.52. The van der Waals surface area contributed by atoms with Gasteiger partial charge in [-0.3, -0.25) is 33.8 Å². The number of amides is 2. The topological polar surface area (TPSA) is 382 Å². The molecule has 19 atom stereocenters. The van der Waals surface area contributed by atoms with Gasteiger partial charge in [-0.1, -0.05) is 98.9 Å². The van der Waals surface area contributed by atoms with Gasteiger partial charge in [0.25, 0.3) is 0 Å². The zero-order valence-electron chi connectivity index (χ0n) is 57.4. The number of carbonyl (C=O) groups excluding carboxylic acids is 5. The highest BCUT2D eigenvalue weighted by Crippen LogP contribution is 2.39. The van der Waals surface area contributed by atoms with E-state index in [0.717, 1.165) is 18.8 Å². The molecule has 2 amide bonds. The minimum Gasteiger partial charge on any atom is -0.461 e. The number of piperazine rings is 2. The fourth-order valence-electron chi connectivity index (χ4n) is 13.2. The average molecular weight is 1380 g/mol. The zero-order valence-corrected chi connectivity index (χ0v) is 57.4. The Hall–Kier alpha value is -5.73. The largest absolute Gasteiger partial charge is 0.461 e. The molecule has 13 N–H and O–H groups in total. The summed E-state index contributed by atoms with van der Waals surface area (Å²) in [6.07, 6.45) is 2.11. The number of ether oxygens (including phenoxy) is 4. The van der Waals surface area contributed by atoms with Gasteiger partial charge in [0.15, 0.2) is 17.9 Å². The maximum atomic E-state index is 14.7. The summed E-state index contributed by atoms with van der Waals surface area (Å²) in [4.78, 5) is 75.4. The summed E-state index contributed by atoms with van der Waals surface area (Å²) in [6, 6.07) is 5.67. The predicted octanol–water partition coefficient (Wildman–Crippen LogP) is 1.20. The van der Waals surface area contributed by atoms with Crippen LogP contribution in [0, 0.1) is 17.8 Å². The Kier molecular flexibility index (Phi) is 34.2. The number of carbonyl (C=O) groups is 5. The van der Waals surface area contributed by atoms with Crippen LogP contribution < -0.4 is 10.6 Å². The van der Waals surface area contributed by atoms with Crippen LogP contribution in [-0.2, 0) is 38.1 Å². The van der Waals surface area contributed by atoms with Crippen LogP contribution in [0.3, 0.4) is 0 Å². The number of aliphatic hydroxyl groups is 11. The first kappa shape index (κ1) is 81.2. The molecule has 548 valence electrons. The molecule has 98 heavy (non-hydrogen) atoms. The Balaban J connectivity index is 1.23. The molecule has 26 nitrogen and oxygen atoms in total. The molecule has 2 bridgehead atoms. The number of fused-ring (bicyclic) bond motifs is 2. The van der Waals surface area contributed by atoms with Crippen molar-refractivity contribution in [2.75, 3.05) is 91.5 Å². The molecule has 6 rings (SSSR count). The van der Waals surface area contributed by atoms with Crippen molar-refractivity contribution < 1.29 is 99.1 Å². The minimum atomic E-state index is -2.34. The van der Waals surface area contributed by atoms with Gasteiger partial charge in [-0.2, -0.15) is 0 Å². The van der Waals surface area contributed by atoms with Gasteiger partial charge >= 0.3 is 5.97 Å². The molecule has 0 radical (unpaired) electrons. The maximum absolute atomic E-state index is 14.7. The van der Waals surface area contributed by atoms with Crippen LogP contribution in [0.25, 0.3) is 0 Å². The molecule has 26 heteroatoms. The number of anilines is 1. The van der Waals surface area contributed by atoms with E-state index in [-0.39, 0.29) is 63.1 Å². The molecular weight excluding hydrogens is 1270 g/mol. The normalized spacial score (nSPS) is 35.7. The number of Topliss-reactive ketones (excluding diaryl/α,β-unsaturated/α-hetero) is 2. The molecule has 0 aliphatic carbocycles. The van der Waals surface area contributed by atoms with Crippen molar-refractivity contribution in [3.05, 3.63) is 115 Å². The third kappa shape index (κ3) is 27.3. The van der Waals surface area contributed by atoms with Gasteiger partial charge in [-0.25, -0.2) is 0 Å². The number of hydrogen-bond donors (Lipinski definition) is 13. The van der Waals surface area contributed by atoms with Crippen molar-refractivity contribution in [3.8, 4) is 0 Å². The molecule has 5 aliphatic heterocycles. The maximum Gasteiger partial charge on any atom is 0.308 e. The van der Waals surface area contributed by atoms with Gasteiger partial charge in [0, 0.05) is 122 Å². The Morgan fingerprint density at radius 3 is 1.87 bits per heavy atom. The first-order chi connectivity index (χ1) is 46.7.